The molecule has 2 heteroatoms. The SMILES string of the molecule is CCCCCCCC/C=C\CC(=O)OCC(C)C. The molecule has 0 aromatic heterocycles. The van der Waals surface area contributed by atoms with E-state index in [1.54, 1.807) is 0 Å². The summed E-state index contributed by atoms with van der Waals surface area (Å²) in [5.41, 5.74) is 0. The number of carbonyl (C=O) groups is 1. The van der Waals surface area contributed by atoms with Gasteiger partial charge in [-0.1, -0.05) is 65.0 Å². The van der Waals surface area contributed by atoms with Crippen LogP contribution in [0.15, 0.2) is 12.2 Å². The van der Waals surface area contributed by atoms with Crippen molar-refractivity contribution in [2.75, 3.05) is 6.61 Å². The fraction of sp³-hybridized carbons (Fsp3) is 0.812. The number of hydrogen-bond donors (Lipinski definition) is 0. The molecule has 0 unspecified atom stereocenters. The molecule has 0 spiro atoms. The summed E-state index contributed by atoms with van der Waals surface area (Å²) in [6.45, 7) is 6.86. The van der Waals surface area contributed by atoms with Crippen molar-refractivity contribution >= 4 is 5.97 Å². The van der Waals surface area contributed by atoms with Crippen LogP contribution in [0.25, 0.3) is 0 Å². The molecule has 0 aliphatic heterocycles. The standard InChI is InChI=1S/C16H30O2/c1-4-5-6-7-8-9-10-11-12-13-16(17)18-14-15(2)3/h11-12,15H,4-10,13-14H2,1-3H3/b12-11-. The van der Waals surface area contributed by atoms with Gasteiger partial charge in [0.25, 0.3) is 0 Å². The number of rotatable bonds is 11. The molecule has 0 aliphatic rings. The van der Waals surface area contributed by atoms with Gasteiger partial charge in [-0.15, -0.1) is 0 Å². The lowest BCUT2D eigenvalue weighted by Crippen LogP contribution is -2.08. The van der Waals surface area contributed by atoms with Crippen molar-refractivity contribution in [1.82, 2.24) is 0 Å². The smallest absolute Gasteiger partial charge is 0.309 e. The first-order valence-corrected chi connectivity index (χ1v) is 7.47. The van der Waals surface area contributed by atoms with Gasteiger partial charge in [-0.3, -0.25) is 4.79 Å². The second-order valence-corrected chi connectivity index (χ2v) is 5.31. The zero-order chi connectivity index (χ0) is 13.6. The Morgan fingerprint density at radius 1 is 1.06 bits per heavy atom. The molecular weight excluding hydrogens is 224 g/mol. The van der Waals surface area contributed by atoms with Crippen LogP contribution in [-0.4, -0.2) is 12.6 Å². The average molecular weight is 254 g/mol. The molecule has 0 aliphatic carbocycles. The Labute approximate surface area is 113 Å². The number of allylic oxidation sites excluding steroid dienone is 1. The van der Waals surface area contributed by atoms with Crippen molar-refractivity contribution in [1.29, 1.82) is 0 Å². The molecule has 0 aromatic carbocycles. The average Bonchev–Trinajstić information content (AvgIpc) is 2.34. The van der Waals surface area contributed by atoms with Crippen molar-refractivity contribution in [3.63, 3.8) is 0 Å². The van der Waals surface area contributed by atoms with Crippen LogP contribution in [-0.2, 0) is 9.53 Å². The summed E-state index contributed by atoms with van der Waals surface area (Å²) in [5.74, 6) is 0.309. The van der Waals surface area contributed by atoms with Gasteiger partial charge in [0.2, 0.25) is 0 Å². The molecule has 0 heterocycles. The Kier molecular flexibility index (Phi) is 12.1. The van der Waals surface area contributed by atoms with Gasteiger partial charge in [-0.2, -0.15) is 0 Å². The first-order valence-electron chi connectivity index (χ1n) is 7.47. The minimum absolute atomic E-state index is 0.108. The van der Waals surface area contributed by atoms with Crippen LogP contribution in [0.1, 0.15) is 72.1 Å². The van der Waals surface area contributed by atoms with Gasteiger partial charge in [-0.25, -0.2) is 0 Å². The third-order valence-corrected chi connectivity index (χ3v) is 2.75. The molecular formula is C16H30O2. The molecule has 0 rings (SSSR count). The van der Waals surface area contributed by atoms with E-state index in [9.17, 15) is 4.79 Å². The van der Waals surface area contributed by atoms with Crippen LogP contribution in [0.2, 0.25) is 0 Å². The number of unbranched alkanes of at least 4 members (excludes halogenated alkanes) is 6. The molecule has 0 aromatic rings. The summed E-state index contributed by atoms with van der Waals surface area (Å²) < 4.78 is 5.09. The monoisotopic (exact) mass is 254 g/mol. The summed E-state index contributed by atoms with van der Waals surface area (Å²) in [7, 11) is 0. The third-order valence-electron chi connectivity index (χ3n) is 2.75. The highest BCUT2D eigenvalue weighted by Gasteiger charge is 2.00. The second kappa shape index (κ2) is 12.7. The number of hydrogen-bond acceptors (Lipinski definition) is 2. The quantitative estimate of drug-likeness (QED) is 0.298. The fourth-order valence-corrected chi connectivity index (χ4v) is 1.66. The lowest BCUT2D eigenvalue weighted by atomic mass is 10.1. The summed E-state index contributed by atoms with van der Waals surface area (Å²) >= 11 is 0. The number of esters is 1. The topological polar surface area (TPSA) is 26.3 Å². The van der Waals surface area contributed by atoms with Crippen LogP contribution in [0, 0.1) is 5.92 Å². The Morgan fingerprint density at radius 3 is 2.39 bits per heavy atom. The van der Waals surface area contributed by atoms with Crippen LogP contribution >= 0.6 is 0 Å². The molecule has 106 valence electrons. The summed E-state index contributed by atoms with van der Waals surface area (Å²) in [6, 6.07) is 0. The molecule has 0 fully saturated rings. The van der Waals surface area contributed by atoms with Crippen molar-refractivity contribution in [2.24, 2.45) is 5.92 Å². The molecule has 0 amide bonds. The number of ether oxygens (including phenoxy) is 1. The van der Waals surface area contributed by atoms with E-state index in [2.05, 4.69) is 13.0 Å². The fourth-order valence-electron chi connectivity index (χ4n) is 1.66. The van der Waals surface area contributed by atoms with Gasteiger partial charge < -0.3 is 4.74 Å². The Hall–Kier alpha value is -0.790. The Morgan fingerprint density at radius 2 is 1.72 bits per heavy atom. The van der Waals surface area contributed by atoms with Gasteiger partial charge in [0.15, 0.2) is 0 Å². The minimum atomic E-state index is -0.108. The lowest BCUT2D eigenvalue weighted by molar-refractivity contribution is -0.143. The van der Waals surface area contributed by atoms with E-state index in [0.717, 1.165) is 6.42 Å². The highest BCUT2D eigenvalue weighted by molar-refractivity contribution is 5.71. The first kappa shape index (κ1) is 17.2. The first-order chi connectivity index (χ1) is 8.66. The van der Waals surface area contributed by atoms with Gasteiger partial charge in [0, 0.05) is 0 Å². The minimum Gasteiger partial charge on any atom is -0.465 e. The van der Waals surface area contributed by atoms with Crippen LogP contribution in [0.4, 0.5) is 0 Å². The maximum atomic E-state index is 11.3. The number of carbonyl (C=O) groups excluding carboxylic acids is 1. The van der Waals surface area contributed by atoms with E-state index >= 15 is 0 Å². The molecule has 0 atom stereocenters. The maximum absolute atomic E-state index is 11.3. The highest BCUT2D eigenvalue weighted by Crippen LogP contribution is 2.07. The van der Waals surface area contributed by atoms with E-state index in [0.29, 0.717) is 18.9 Å². The molecule has 0 saturated carbocycles. The van der Waals surface area contributed by atoms with E-state index in [1.165, 1.54) is 38.5 Å². The third kappa shape index (κ3) is 13.3. The van der Waals surface area contributed by atoms with Gasteiger partial charge in [0.05, 0.1) is 13.0 Å². The van der Waals surface area contributed by atoms with Crippen LogP contribution < -0.4 is 0 Å². The van der Waals surface area contributed by atoms with Gasteiger partial charge in [0.1, 0.15) is 0 Å². The summed E-state index contributed by atoms with van der Waals surface area (Å²) in [4.78, 5) is 11.3. The maximum Gasteiger partial charge on any atom is 0.309 e. The predicted molar refractivity (Wildman–Crippen MR) is 77.5 cm³/mol. The van der Waals surface area contributed by atoms with Crippen LogP contribution in [0.3, 0.4) is 0 Å². The Balaban J connectivity index is 3.29. The van der Waals surface area contributed by atoms with E-state index < -0.39 is 0 Å². The molecule has 0 radical (unpaired) electrons. The molecule has 2 nitrogen and oxygen atoms in total. The zero-order valence-corrected chi connectivity index (χ0v) is 12.4. The molecule has 18 heavy (non-hydrogen) atoms. The van der Waals surface area contributed by atoms with E-state index in [4.69, 9.17) is 4.74 Å². The zero-order valence-electron chi connectivity index (χ0n) is 12.4. The molecule has 0 bridgehead atoms. The summed E-state index contributed by atoms with van der Waals surface area (Å²) in [5, 5.41) is 0. The van der Waals surface area contributed by atoms with E-state index in [-0.39, 0.29) is 5.97 Å². The van der Waals surface area contributed by atoms with Crippen molar-refractivity contribution in [3.05, 3.63) is 12.2 Å². The van der Waals surface area contributed by atoms with Gasteiger partial charge >= 0.3 is 5.97 Å². The lowest BCUT2D eigenvalue weighted by Gasteiger charge is -2.05. The van der Waals surface area contributed by atoms with Crippen molar-refractivity contribution in [3.8, 4) is 0 Å². The highest BCUT2D eigenvalue weighted by atomic mass is 16.5. The second-order valence-electron chi connectivity index (χ2n) is 5.31. The largest absolute Gasteiger partial charge is 0.465 e. The van der Waals surface area contributed by atoms with Crippen molar-refractivity contribution in [2.45, 2.75) is 72.1 Å². The van der Waals surface area contributed by atoms with Crippen LogP contribution in [0.5, 0.6) is 0 Å². The normalized spacial score (nSPS) is 11.3. The van der Waals surface area contributed by atoms with Crippen molar-refractivity contribution < 1.29 is 9.53 Å². The van der Waals surface area contributed by atoms with E-state index in [1.807, 2.05) is 19.9 Å². The molecule has 0 saturated heterocycles. The molecule has 0 N–H and O–H groups in total. The summed E-state index contributed by atoms with van der Waals surface area (Å²) in [6.07, 6.45) is 13.5. The van der Waals surface area contributed by atoms with Gasteiger partial charge in [-0.05, 0) is 18.8 Å². The Bertz CT molecular complexity index is 219. The predicted octanol–water partition coefficient (Wildman–Crippen LogP) is 4.88.